The summed E-state index contributed by atoms with van der Waals surface area (Å²) in [6, 6.07) is 12.9. The highest BCUT2D eigenvalue weighted by atomic mass is 35.5. The number of allylic oxidation sites excluding steroid dienone is 1. The normalized spacial score (nSPS) is 15.1. The molecular weight excluding hydrogens is 374 g/mol. The van der Waals surface area contributed by atoms with Crippen LogP contribution < -0.4 is 11.1 Å². The molecule has 0 spiro atoms. The Kier molecular flexibility index (Phi) is 6.17. The monoisotopic (exact) mass is 398 g/mol. The van der Waals surface area contributed by atoms with Crippen LogP contribution >= 0.6 is 11.6 Å². The van der Waals surface area contributed by atoms with Gasteiger partial charge >= 0.3 is 0 Å². The zero-order valence-electron chi connectivity index (χ0n) is 16.1. The fourth-order valence-corrected chi connectivity index (χ4v) is 3.67. The lowest BCUT2D eigenvalue weighted by molar-refractivity contribution is -0.608. The minimum atomic E-state index is -0.199. The molecule has 2 aromatic carbocycles. The SMILES string of the molecule is C/C=C(/N)c1ccc(Cl)cc1[NH2+]C(C)CCCN1C(=O)c2ccccc2C1=O. The molecule has 3 rings (SSSR count). The summed E-state index contributed by atoms with van der Waals surface area (Å²) in [5.41, 5.74) is 9.75. The van der Waals surface area contributed by atoms with Gasteiger partial charge in [-0.05, 0) is 44.5 Å². The standard InChI is InChI=1S/C22H24ClN3O2/c1-3-19(24)18-11-10-15(23)13-20(18)25-14(2)7-6-12-26-21(27)16-8-4-5-9-17(16)22(26)28/h3-5,8-11,13-14,25H,6-7,12,24H2,1-2H3/p+1/b19-3+. The Balaban J connectivity index is 1.59. The van der Waals surface area contributed by atoms with E-state index < -0.39 is 0 Å². The Hall–Kier alpha value is -2.63. The van der Waals surface area contributed by atoms with Gasteiger partial charge in [0.25, 0.3) is 11.8 Å². The summed E-state index contributed by atoms with van der Waals surface area (Å²) in [4.78, 5) is 26.2. The Bertz CT molecular complexity index is 904. The van der Waals surface area contributed by atoms with Crippen molar-refractivity contribution in [2.24, 2.45) is 5.73 Å². The van der Waals surface area contributed by atoms with E-state index in [1.54, 1.807) is 24.3 Å². The van der Waals surface area contributed by atoms with Gasteiger partial charge in [-0.3, -0.25) is 14.5 Å². The number of carbonyl (C=O) groups excluding carboxylic acids is 2. The minimum absolute atomic E-state index is 0.199. The van der Waals surface area contributed by atoms with Crippen LogP contribution in [0.25, 0.3) is 5.70 Å². The molecule has 2 amide bonds. The van der Waals surface area contributed by atoms with Crippen LogP contribution in [-0.4, -0.2) is 29.3 Å². The molecule has 1 aliphatic heterocycles. The second kappa shape index (κ2) is 8.59. The average Bonchev–Trinajstić information content (AvgIpc) is 2.93. The van der Waals surface area contributed by atoms with Crippen molar-refractivity contribution >= 4 is 34.8 Å². The number of benzene rings is 2. The van der Waals surface area contributed by atoms with Crippen molar-refractivity contribution in [2.75, 3.05) is 6.54 Å². The molecule has 2 aromatic rings. The molecule has 4 N–H and O–H groups in total. The summed E-state index contributed by atoms with van der Waals surface area (Å²) >= 11 is 6.15. The number of nitrogens with zero attached hydrogens (tertiary/aromatic N) is 1. The zero-order chi connectivity index (χ0) is 20.3. The van der Waals surface area contributed by atoms with Gasteiger partial charge < -0.3 is 11.1 Å². The smallest absolute Gasteiger partial charge is 0.261 e. The van der Waals surface area contributed by atoms with Gasteiger partial charge in [-0.1, -0.05) is 29.8 Å². The third kappa shape index (κ3) is 4.11. The van der Waals surface area contributed by atoms with E-state index in [1.807, 2.05) is 31.2 Å². The molecule has 1 aliphatic rings. The molecule has 0 saturated heterocycles. The van der Waals surface area contributed by atoms with Crippen molar-refractivity contribution < 1.29 is 14.9 Å². The fourth-order valence-electron chi connectivity index (χ4n) is 3.49. The highest BCUT2D eigenvalue weighted by Crippen LogP contribution is 2.23. The van der Waals surface area contributed by atoms with E-state index in [9.17, 15) is 9.59 Å². The molecule has 146 valence electrons. The average molecular weight is 399 g/mol. The summed E-state index contributed by atoms with van der Waals surface area (Å²) in [6.45, 7) is 4.43. The number of fused-ring (bicyclic) bond motifs is 1. The van der Waals surface area contributed by atoms with Crippen LogP contribution in [0.15, 0.2) is 48.5 Å². The van der Waals surface area contributed by atoms with E-state index in [4.69, 9.17) is 17.3 Å². The van der Waals surface area contributed by atoms with Crippen LogP contribution in [0.4, 0.5) is 5.69 Å². The minimum Gasteiger partial charge on any atom is -0.398 e. The van der Waals surface area contributed by atoms with Crippen molar-refractivity contribution in [1.29, 1.82) is 0 Å². The van der Waals surface area contributed by atoms with Gasteiger partial charge in [-0.25, -0.2) is 0 Å². The molecule has 1 unspecified atom stereocenters. The van der Waals surface area contributed by atoms with Gasteiger partial charge in [-0.15, -0.1) is 0 Å². The molecule has 0 radical (unpaired) electrons. The van der Waals surface area contributed by atoms with Gasteiger partial charge in [-0.2, -0.15) is 0 Å². The largest absolute Gasteiger partial charge is 0.398 e. The van der Waals surface area contributed by atoms with Crippen molar-refractivity contribution in [3.8, 4) is 0 Å². The molecule has 0 saturated carbocycles. The predicted octanol–water partition coefficient (Wildman–Crippen LogP) is 3.32. The van der Waals surface area contributed by atoms with Gasteiger partial charge in [0, 0.05) is 29.8 Å². The van der Waals surface area contributed by atoms with E-state index in [0.717, 1.165) is 24.1 Å². The number of hydrogen-bond donors (Lipinski definition) is 2. The van der Waals surface area contributed by atoms with Crippen molar-refractivity contribution in [3.63, 3.8) is 0 Å². The number of quaternary nitrogens is 1. The Morgan fingerprint density at radius 3 is 2.43 bits per heavy atom. The highest BCUT2D eigenvalue weighted by Gasteiger charge is 2.34. The van der Waals surface area contributed by atoms with Gasteiger partial charge in [0.05, 0.1) is 22.7 Å². The topological polar surface area (TPSA) is 80.0 Å². The van der Waals surface area contributed by atoms with Crippen LogP contribution in [-0.2, 0) is 0 Å². The molecule has 0 aromatic heterocycles. The number of rotatable bonds is 7. The molecule has 1 atom stereocenters. The molecular formula is C22H25ClN3O2+. The lowest BCUT2D eigenvalue weighted by Crippen LogP contribution is -2.84. The Labute approximate surface area is 170 Å². The van der Waals surface area contributed by atoms with E-state index in [0.29, 0.717) is 28.4 Å². The van der Waals surface area contributed by atoms with Gasteiger partial charge in [0.1, 0.15) is 5.69 Å². The maximum Gasteiger partial charge on any atom is 0.261 e. The van der Waals surface area contributed by atoms with Crippen LogP contribution in [0.5, 0.6) is 0 Å². The van der Waals surface area contributed by atoms with Crippen LogP contribution in [0.2, 0.25) is 5.02 Å². The maximum absolute atomic E-state index is 12.4. The first kappa shape index (κ1) is 20.1. The molecule has 0 aliphatic carbocycles. The number of hydrogen-bond acceptors (Lipinski definition) is 3. The molecule has 28 heavy (non-hydrogen) atoms. The molecule has 0 bridgehead atoms. The predicted molar refractivity (Wildman–Crippen MR) is 111 cm³/mol. The summed E-state index contributed by atoms with van der Waals surface area (Å²) in [6.07, 6.45) is 3.45. The quantitative estimate of drug-likeness (QED) is 0.554. The van der Waals surface area contributed by atoms with Crippen molar-refractivity contribution in [2.45, 2.75) is 32.7 Å². The van der Waals surface area contributed by atoms with E-state index in [2.05, 4.69) is 12.2 Å². The molecule has 1 heterocycles. The maximum atomic E-state index is 12.4. The van der Waals surface area contributed by atoms with Gasteiger partial charge in [0.15, 0.2) is 0 Å². The van der Waals surface area contributed by atoms with E-state index in [1.165, 1.54) is 4.90 Å². The second-order valence-corrected chi connectivity index (χ2v) is 7.51. The molecule has 0 fully saturated rings. The zero-order valence-corrected chi connectivity index (χ0v) is 16.9. The van der Waals surface area contributed by atoms with Crippen LogP contribution in [0, 0.1) is 0 Å². The molecule has 6 heteroatoms. The number of nitrogens with two attached hydrogens (primary N) is 2. The first-order chi connectivity index (χ1) is 13.4. The van der Waals surface area contributed by atoms with E-state index >= 15 is 0 Å². The first-order valence-corrected chi connectivity index (χ1v) is 9.82. The fraction of sp³-hybridized carbons (Fsp3) is 0.273. The number of halogens is 1. The van der Waals surface area contributed by atoms with Gasteiger partial charge in [0.2, 0.25) is 0 Å². The van der Waals surface area contributed by atoms with Crippen molar-refractivity contribution in [3.05, 3.63) is 70.3 Å². The highest BCUT2D eigenvalue weighted by molar-refractivity contribution is 6.30. The first-order valence-electron chi connectivity index (χ1n) is 9.44. The lowest BCUT2D eigenvalue weighted by Gasteiger charge is -2.16. The third-order valence-corrected chi connectivity index (χ3v) is 5.25. The number of imide groups is 1. The third-order valence-electron chi connectivity index (χ3n) is 5.02. The van der Waals surface area contributed by atoms with Crippen LogP contribution in [0.1, 0.15) is 53.0 Å². The van der Waals surface area contributed by atoms with Crippen LogP contribution in [0.3, 0.4) is 0 Å². The Morgan fingerprint density at radius 1 is 1.18 bits per heavy atom. The summed E-state index contributed by atoms with van der Waals surface area (Å²) in [5, 5.41) is 2.80. The Morgan fingerprint density at radius 2 is 1.82 bits per heavy atom. The summed E-state index contributed by atoms with van der Waals surface area (Å²) in [5.74, 6) is -0.398. The lowest BCUT2D eigenvalue weighted by atomic mass is 10.1. The number of carbonyl (C=O) groups is 2. The van der Waals surface area contributed by atoms with E-state index in [-0.39, 0.29) is 17.9 Å². The second-order valence-electron chi connectivity index (χ2n) is 7.07. The summed E-state index contributed by atoms with van der Waals surface area (Å²) in [7, 11) is 0. The summed E-state index contributed by atoms with van der Waals surface area (Å²) < 4.78 is 0. The molecule has 5 nitrogen and oxygen atoms in total. The van der Waals surface area contributed by atoms with Crippen molar-refractivity contribution in [1.82, 2.24) is 4.90 Å². The number of amides is 2.